The van der Waals surface area contributed by atoms with Gasteiger partial charge in [-0.05, 0) is 43.7 Å². The third-order valence-electron chi connectivity index (χ3n) is 5.98. The summed E-state index contributed by atoms with van der Waals surface area (Å²) in [4.78, 5) is 35.8. The second-order valence-corrected chi connectivity index (χ2v) is 8.55. The van der Waals surface area contributed by atoms with Gasteiger partial charge in [0.1, 0.15) is 5.82 Å². The molecule has 0 atom stereocenters. The van der Waals surface area contributed by atoms with Crippen molar-refractivity contribution in [2.24, 2.45) is 5.92 Å². The third kappa shape index (κ3) is 5.04. The Labute approximate surface area is 188 Å². The fourth-order valence-corrected chi connectivity index (χ4v) is 4.20. The summed E-state index contributed by atoms with van der Waals surface area (Å²) in [5.74, 6) is 0.911. The number of hydrogen-bond donors (Lipinski definition) is 2. The van der Waals surface area contributed by atoms with Gasteiger partial charge in [0.25, 0.3) is 5.91 Å². The van der Waals surface area contributed by atoms with Gasteiger partial charge in [-0.3, -0.25) is 9.59 Å². The van der Waals surface area contributed by atoms with E-state index in [2.05, 4.69) is 10.6 Å². The molecule has 1 aliphatic carbocycles. The Morgan fingerprint density at radius 1 is 0.938 bits per heavy atom. The maximum atomic E-state index is 12.2. The predicted octanol–water partition coefficient (Wildman–Crippen LogP) is 3.67. The molecule has 2 aromatic carbocycles. The van der Waals surface area contributed by atoms with E-state index in [1.807, 2.05) is 49.3 Å². The van der Waals surface area contributed by atoms with Crippen LogP contribution in [0.3, 0.4) is 0 Å². The average Bonchev–Trinajstić information content (AvgIpc) is 2.83. The van der Waals surface area contributed by atoms with Crippen LogP contribution in [-0.4, -0.2) is 48.3 Å². The highest BCUT2D eigenvalue weighted by Crippen LogP contribution is 2.28. The summed E-state index contributed by atoms with van der Waals surface area (Å²) in [6.07, 6.45) is 3.90. The Morgan fingerprint density at radius 2 is 1.62 bits per heavy atom. The summed E-state index contributed by atoms with van der Waals surface area (Å²) in [7, 11) is 3.97. The lowest BCUT2D eigenvalue weighted by Gasteiger charge is -2.29. The Morgan fingerprint density at radius 3 is 2.34 bits per heavy atom. The number of anilines is 2. The monoisotopic (exact) mass is 431 g/mol. The first-order valence-electron chi connectivity index (χ1n) is 11.1. The van der Waals surface area contributed by atoms with E-state index in [9.17, 15) is 9.59 Å². The highest BCUT2D eigenvalue weighted by Gasteiger charge is 2.24. The van der Waals surface area contributed by atoms with E-state index in [1.54, 1.807) is 24.3 Å². The number of aromatic nitrogens is 2. The van der Waals surface area contributed by atoms with Gasteiger partial charge < -0.3 is 15.5 Å². The molecule has 2 N–H and O–H groups in total. The van der Waals surface area contributed by atoms with E-state index in [1.165, 1.54) is 0 Å². The smallest absolute Gasteiger partial charge is 0.292 e. The number of nitrogens with one attached hydrogen (secondary N) is 2. The maximum Gasteiger partial charge on any atom is 0.292 e. The van der Waals surface area contributed by atoms with Crippen molar-refractivity contribution in [2.75, 3.05) is 30.9 Å². The van der Waals surface area contributed by atoms with Crippen molar-refractivity contribution in [3.63, 3.8) is 0 Å². The molecule has 1 fully saturated rings. The number of hydrogen-bond acceptors (Lipinski definition) is 6. The predicted molar refractivity (Wildman–Crippen MR) is 127 cm³/mol. The van der Waals surface area contributed by atoms with Crippen LogP contribution in [0.2, 0.25) is 0 Å². The van der Waals surface area contributed by atoms with Crippen LogP contribution < -0.4 is 15.5 Å². The fraction of sp³-hybridized carbons (Fsp3) is 0.360. The lowest BCUT2D eigenvalue weighted by atomic mass is 9.86. The largest absolute Gasteiger partial charge is 0.362 e. The van der Waals surface area contributed by atoms with Gasteiger partial charge in [0.05, 0.1) is 5.52 Å². The van der Waals surface area contributed by atoms with Crippen molar-refractivity contribution in [1.82, 2.24) is 15.3 Å². The number of carbonyl (C=O) groups is 2. The molecule has 1 saturated carbocycles. The van der Waals surface area contributed by atoms with Gasteiger partial charge in [0.15, 0.2) is 0 Å². The first-order valence-corrected chi connectivity index (χ1v) is 11.1. The molecule has 4 rings (SSSR count). The molecular formula is C25H29N5O2. The molecule has 7 nitrogen and oxygen atoms in total. The Balaban J connectivity index is 1.30. The summed E-state index contributed by atoms with van der Waals surface area (Å²) >= 11 is 0. The maximum absolute atomic E-state index is 12.2. The Kier molecular flexibility index (Phi) is 6.63. The van der Waals surface area contributed by atoms with Gasteiger partial charge >= 0.3 is 0 Å². The summed E-state index contributed by atoms with van der Waals surface area (Å²) in [6, 6.07) is 17.0. The van der Waals surface area contributed by atoms with Crippen molar-refractivity contribution in [1.29, 1.82) is 0 Å². The molecule has 3 aromatic rings. The Bertz CT molecular complexity index is 1090. The zero-order valence-corrected chi connectivity index (χ0v) is 18.5. The number of nitrogens with zero attached hydrogens (tertiary/aromatic N) is 3. The van der Waals surface area contributed by atoms with Crippen LogP contribution >= 0.6 is 0 Å². The van der Waals surface area contributed by atoms with E-state index >= 15 is 0 Å². The van der Waals surface area contributed by atoms with Gasteiger partial charge in [-0.15, -0.1) is 0 Å². The number of benzene rings is 2. The van der Waals surface area contributed by atoms with Crippen LogP contribution in [-0.2, 0) is 4.79 Å². The van der Waals surface area contributed by atoms with E-state index in [-0.39, 0.29) is 0 Å². The van der Waals surface area contributed by atoms with E-state index in [0.717, 1.165) is 42.4 Å². The molecule has 1 aromatic heterocycles. The van der Waals surface area contributed by atoms with Crippen LogP contribution in [0.5, 0.6) is 0 Å². The zero-order valence-electron chi connectivity index (χ0n) is 18.5. The molecule has 1 amide bonds. The normalized spacial score (nSPS) is 18.2. The number of para-hydroxylation sites is 1. The second kappa shape index (κ2) is 9.77. The lowest BCUT2D eigenvalue weighted by Crippen LogP contribution is -2.37. The number of fused-ring (bicyclic) bond motifs is 1. The minimum atomic E-state index is -0.530. The van der Waals surface area contributed by atoms with Crippen LogP contribution in [0, 0.1) is 5.92 Å². The van der Waals surface area contributed by atoms with Crippen LogP contribution in [0.1, 0.15) is 36.0 Å². The quantitative estimate of drug-likeness (QED) is 0.438. The van der Waals surface area contributed by atoms with E-state index in [4.69, 9.17) is 9.97 Å². The van der Waals surface area contributed by atoms with Crippen molar-refractivity contribution < 1.29 is 9.59 Å². The molecule has 0 unspecified atom stereocenters. The molecule has 1 heterocycles. The molecule has 0 radical (unpaired) electrons. The molecule has 0 saturated heterocycles. The number of Topliss-reactive ketones (excluding diaryl/α,β-unsaturated/α-hetero) is 1. The number of rotatable bonds is 7. The van der Waals surface area contributed by atoms with Gasteiger partial charge in [-0.1, -0.05) is 42.5 Å². The second-order valence-electron chi connectivity index (χ2n) is 8.55. The molecule has 7 heteroatoms. The highest BCUT2D eigenvalue weighted by molar-refractivity contribution is 6.42. The minimum Gasteiger partial charge on any atom is -0.362 e. The SMILES string of the molecule is CN(C)c1nc(NC2CCC(CNC(=O)C(=O)c3ccccc3)CC2)nc2ccccc12. The summed E-state index contributed by atoms with van der Waals surface area (Å²) in [5.41, 5.74) is 1.35. The molecule has 0 spiro atoms. The van der Waals surface area contributed by atoms with E-state index < -0.39 is 11.7 Å². The van der Waals surface area contributed by atoms with Crippen molar-refractivity contribution >= 4 is 34.4 Å². The van der Waals surface area contributed by atoms with E-state index in [0.29, 0.717) is 30.0 Å². The van der Waals surface area contributed by atoms with Crippen molar-refractivity contribution in [3.8, 4) is 0 Å². The molecule has 1 aliphatic rings. The van der Waals surface area contributed by atoms with Crippen molar-refractivity contribution in [3.05, 3.63) is 60.2 Å². The van der Waals surface area contributed by atoms with Gasteiger partial charge in [0.2, 0.25) is 11.7 Å². The number of amides is 1. The first kappa shape index (κ1) is 21.7. The number of carbonyl (C=O) groups excluding carboxylic acids is 2. The highest BCUT2D eigenvalue weighted by atomic mass is 16.2. The standard InChI is InChI=1S/C25H29N5O2/c1-30(2)23-20-10-6-7-11-21(20)28-25(29-23)27-19-14-12-17(13-15-19)16-26-24(32)22(31)18-8-4-3-5-9-18/h3-11,17,19H,12-16H2,1-2H3,(H,26,32)(H,27,28,29). The van der Waals surface area contributed by atoms with Gasteiger partial charge in [0, 0.05) is 37.6 Å². The molecule has 32 heavy (non-hydrogen) atoms. The summed E-state index contributed by atoms with van der Waals surface area (Å²) in [5, 5.41) is 7.35. The fourth-order valence-electron chi connectivity index (χ4n) is 4.20. The number of ketones is 1. The van der Waals surface area contributed by atoms with Crippen molar-refractivity contribution in [2.45, 2.75) is 31.7 Å². The molecular weight excluding hydrogens is 402 g/mol. The third-order valence-corrected chi connectivity index (χ3v) is 5.98. The van der Waals surface area contributed by atoms with Crippen LogP contribution in [0.15, 0.2) is 54.6 Å². The minimum absolute atomic E-state index is 0.295. The molecule has 0 bridgehead atoms. The van der Waals surface area contributed by atoms with Gasteiger partial charge in [-0.25, -0.2) is 4.98 Å². The van der Waals surface area contributed by atoms with Crippen LogP contribution in [0.25, 0.3) is 10.9 Å². The lowest BCUT2D eigenvalue weighted by molar-refractivity contribution is -0.117. The van der Waals surface area contributed by atoms with Gasteiger partial charge in [-0.2, -0.15) is 4.98 Å². The average molecular weight is 432 g/mol. The molecule has 0 aliphatic heterocycles. The summed E-state index contributed by atoms with van der Waals surface area (Å²) < 4.78 is 0. The first-order chi connectivity index (χ1) is 15.5. The molecule has 166 valence electrons. The topological polar surface area (TPSA) is 87.2 Å². The van der Waals surface area contributed by atoms with Crippen LogP contribution in [0.4, 0.5) is 11.8 Å². The Hall–Kier alpha value is -3.48. The zero-order chi connectivity index (χ0) is 22.5. The summed E-state index contributed by atoms with van der Waals surface area (Å²) in [6.45, 7) is 0.529.